The molecule has 0 spiro atoms. The van der Waals surface area contributed by atoms with Crippen LogP contribution in [-0.4, -0.2) is 36.0 Å². The number of aromatic amines is 2. The van der Waals surface area contributed by atoms with Crippen LogP contribution in [0.25, 0.3) is 55.2 Å². The maximum atomic E-state index is 13.7. The summed E-state index contributed by atoms with van der Waals surface area (Å²) in [5, 5.41) is 11.3. The number of hydrogen-bond donors (Lipinski definition) is 3. The first-order chi connectivity index (χ1) is 19.1. The lowest BCUT2D eigenvalue weighted by atomic mass is 9.88. The number of fused-ring (bicyclic) bond motifs is 2. The Morgan fingerprint density at radius 1 is 1.05 bits per heavy atom. The molecule has 0 aromatic carbocycles. The van der Waals surface area contributed by atoms with Gasteiger partial charge in [-0.1, -0.05) is 19.3 Å². The van der Waals surface area contributed by atoms with E-state index in [-0.39, 0.29) is 17.0 Å². The van der Waals surface area contributed by atoms with Crippen LogP contribution in [0, 0.1) is 11.0 Å². The van der Waals surface area contributed by atoms with Gasteiger partial charge >= 0.3 is 0 Å². The fourth-order valence-electron chi connectivity index (χ4n) is 5.33. The Morgan fingerprint density at radius 3 is 2.79 bits per heavy atom. The van der Waals surface area contributed by atoms with E-state index in [1.165, 1.54) is 12.5 Å². The second kappa shape index (κ2) is 9.70. The first-order valence-corrected chi connectivity index (χ1v) is 13.8. The fourth-order valence-corrected chi connectivity index (χ4v) is 6.10. The highest BCUT2D eigenvalue weighted by atomic mass is 32.1. The van der Waals surface area contributed by atoms with E-state index >= 15 is 0 Å². The molecule has 6 aromatic heterocycles. The Hall–Kier alpha value is -4.44. The molecule has 1 amide bonds. The highest BCUT2D eigenvalue weighted by molar-refractivity contribution is 7.14. The van der Waals surface area contributed by atoms with Crippen LogP contribution in [0.15, 0.2) is 61.1 Å². The number of aromatic nitrogens is 6. The summed E-state index contributed by atoms with van der Waals surface area (Å²) in [6.45, 7) is 0. The molecule has 1 saturated carbocycles. The van der Waals surface area contributed by atoms with E-state index in [2.05, 4.69) is 30.5 Å². The van der Waals surface area contributed by atoms with Crippen molar-refractivity contribution < 1.29 is 9.18 Å². The lowest BCUT2D eigenvalue weighted by Crippen LogP contribution is -2.24. The number of nitrogens with one attached hydrogen (secondary N) is 3. The van der Waals surface area contributed by atoms with E-state index in [0.29, 0.717) is 22.5 Å². The lowest BCUT2D eigenvalue weighted by molar-refractivity contribution is -0.120. The first kappa shape index (κ1) is 23.7. The molecule has 194 valence electrons. The van der Waals surface area contributed by atoms with E-state index in [1.54, 1.807) is 24.7 Å². The van der Waals surface area contributed by atoms with Crippen molar-refractivity contribution in [2.45, 2.75) is 32.1 Å². The number of nitrogens with zero attached hydrogens (tertiary/aromatic N) is 4. The van der Waals surface area contributed by atoms with Crippen molar-refractivity contribution in [3.63, 3.8) is 0 Å². The largest absolute Gasteiger partial charge is 0.338 e. The Balaban J connectivity index is 1.22. The lowest BCUT2D eigenvalue weighted by Gasteiger charge is -2.20. The highest BCUT2D eigenvalue weighted by Crippen LogP contribution is 2.36. The molecule has 1 aliphatic carbocycles. The van der Waals surface area contributed by atoms with Crippen LogP contribution in [0.1, 0.15) is 32.1 Å². The molecule has 0 atom stereocenters. The molecule has 0 radical (unpaired) electrons. The molecule has 8 nitrogen and oxygen atoms in total. The van der Waals surface area contributed by atoms with Gasteiger partial charge in [-0.05, 0) is 55.3 Å². The summed E-state index contributed by atoms with van der Waals surface area (Å²) in [4.78, 5) is 30.7. The maximum Gasteiger partial charge on any atom is 0.227 e. The zero-order chi connectivity index (χ0) is 26.3. The number of carbonyl (C=O) groups is 1. The first-order valence-electron chi connectivity index (χ1n) is 13.0. The average Bonchev–Trinajstić information content (AvgIpc) is 3.71. The number of hydrogen-bond acceptors (Lipinski definition) is 6. The van der Waals surface area contributed by atoms with Crippen molar-refractivity contribution in [3.05, 3.63) is 66.2 Å². The molecule has 0 unspecified atom stereocenters. The molecular formula is C29H24FN7OS. The van der Waals surface area contributed by atoms with Crippen molar-refractivity contribution in [1.29, 1.82) is 0 Å². The Morgan fingerprint density at radius 2 is 1.95 bits per heavy atom. The van der Waals surface area contributed by atoms with Gasteiger partial charge in [-0.15, -0.1) is 11.3 Å². The molecule has 0 saturated heterocycles. The standard InChI is InChI=1S/C29H24FN7OS/c30-25-9-8-24(39-25)19-10-11-32-28-20(19)13-23(35-28)27-26-22(36-37-27)7-6-21(34-26)17-12-18(15-31-14-17)33-29(38)16-4-2-1-3-5-16/h6-16H,1-5H2,(H,32,35)(H,33,38)(H,36,37). The average molecular weight is 538 g/mol. The minimum Gasteiger partial charge on any atom is -0.338 e. The molecule has 6 heterocycles. The molecule has 0 aliphatic heterocycles. The van der Waals surface area contributed by atoms with Crippen LogP contribution in [0.2, 0.25) is 0 Å². The summed E-state index contributed by atoms with van der Waals surface area (Å²) < 4.78 is 13.7. The van der Waals surface area contributed by atoms with Gasteiger partial charge in [0.2, 0.25) is 5.91 Å². The van der Waals surface area contributed by atoms with Crippen LogP contribution in [0.3, 0.4) is 0 Å². The van der Waals surface area contributed by atoms with Crippen molar-refractivity contribution in [2.75, 3.05) is 5.32 Å². The zero-order valence-electron chi connectivity index (χ0n) is 20.9. The molecule has 39 heavy (non-hydrogen) atoms. The third-order valence-electron chi connectivity index (χ3n) is 7.31. The van der Waals surface area contributed by atoms with Gasteiger partial charge in [-0.25, -0.2) is 9.97 Å². The number of halogens is 1. The molecular weight excluding hydrogens is 513 g/mol. The van der Waals surface area contributed by atoms with Gasteiger partial charge in [-0.2, -0.15) is 9.49 Å². The summed E-state index contributed by atoms with van der Waals surface area (Å²) in [5.74, 6) is 0.127. The quantitative estimate of drug-likeness (QED) is 0.220. The second-order valence-corrected chi connectivity index (χ2v) is 10.9. The van der Waals surface area contributed by atoms with Gasteiger partial charge in [0.25, 0.3) is 0 Å². The smallest absolute Gasteiger partial charge is 0.227 e. The van der Waals surface area contributed by atoms with Crippen LogP contribution < -0.4 is 5.32 Å². The van der Waals surface area contributed by atoms with Gasteiger partial charge in [-0.3, -0.25) is 14.9 Å². The van der Waals surface area contributed by atoms with Gasteiger partial charge in [0.15, 0.2) is 5.13 Å². The van der Waals surface area contributed by atoms with E-state index in [9.17, 15) is 9.18 Å². The monoisotopic (exact) mass is 537 g/mol. The van der Waals surface area contributed by atoms with E-state index in [4.69, 9.17) is 4.98 Å². The molecule has 6 aromatic rings. The van der Waals surface area contributed by atoms with Gasteiger partial charge in [0.05, 0.1) is 28.8 Å². The zero-order valence-corrected chi connectivity index (χ0v) is 21.7. The highest BCUT2D eigenvalue weighted by Gasteiger charge is 2.21. The number of carbonyl (C=O) groups excluding carboxylic acids is 1. The summed E-state index contributed by atoms with van der Waals surface area (Å²) in [5.41, 5.74) is 6.66. The van der Waals surface area contributed by atoms with E-state index < -0.39 is 0 Å². The maximum absolute atomic E-state index is 13.7. The summed E-state index contributed by atoms with van der Waals surface area (Å²) in [6, 6.07) is 12.9. The molecule has 7 rings (SSSR count). The van der Waals surface area contributed by atoms with Crippen molar-refractivity contribution in [1.82, 2.24) is 30.1 Å². The summed E-state index contributed by atoms with van der Waals surface area (Å²) >= 11 is 1.10. The number of pyridine rings is 3. The van der Waals surface area contributed by atoms with Crippen molar-refractivity contribution >= 4 is 45.0 Å². The van der Waals surface area contributed by atoms with Crippen LogP contribution >= 0.6 is 11.3 Å². The SMILES string of the molecule is O=C(Nc1cncc(-c2ccc3[nH]nc(-c4cc5c(-c6ccc(F)s6)ccnc5[nH]4)c3n2)c1)C1CCCCC1. The number of rotatable bonds is 5. The molecule has 1 fully saturated rings. The van der Waals surface area contributed by atoms with Crippen molar-refractivity contribution in [3.8, 4) is 33.1 Å². The number of H-pyrrole nitrogens is 2. The Bertz CT molecular complexity index is 1830. The normalized spacial score (nSPS) is 14.3. The fraction of sp³-hybridized carbons (Fsp3) is 0.207. The van der Waals surface area contributed by atoms with Crippen LogP contribution in [0.5, 0.6) is 0 Å². The minimum absolute atomic E-state index is 0.0614. The Kier molecular flexibility index (Phi) is 5.89. The van der Waals surface area contributed by atoms with E-state index in [1.807, 2.05) is 30.3 Å². The predicted octanol–water partition coefficient (Wildman–Crippen LogP) is 6.95. The number of amides is 1. The topological polar surface area (TPSA) is 112 Å². The third kappa shape index (κ3) is 4.46. The number of thiophene rings is 1. The molecule has 10 heteroatoms. The van der Waals surface area contributed by atoms with Crippen LogP contribution in [-0.2, 0) is 4.79 Å². The molecule has 0 bridgehead atoms. The second-order valence-electron chi connectivity index (χ2n) is 9.86. The predicted molar refractivity (Wildman–Crippen MR) is 151 cm³/mol. The van der Waals surface area contributed by atoms with Gasteiger partial charge < -0.3 is 10.3 Å². The Labute approximate surface area is 226 Å². The molecule has 3 N–H and O–H groups in total. The van der Waals surface area contributed by atoms with Crippen LogP contribution in [0.4, 0.5) is 10.1 Å². The van der Waals surface area contributed by atoms with Crippen molar-refractivity contribution in [2.24, 2.45) is 5.92 Å². The van der Waals surface area contributed by atoms with Gasteiger partial charge in [0, 0.05) is 39.7 Å². The summed E-state index contributed by atoms with van der Waals surface area (Å²) in [7, 11) is 0. The van der Waals surface area contributed by atoms with Gasteiger partial charge in [0.1, 0.15) is 16.9 Å². The third-order valence-corrected chi connectivity index (χ3v) is 8.22. The number of anilines is 1. The summed E-state index contributed by atoms with van der Waals surface area (Å²) in [6.07, 6.45) is 10.4. The molecule has 1 aliphatic rings. The minimum atomic E-state index is -0.229. The van der Waals surface area contributed by atoms with E-state index in [0.717, 1.165) is 75.3 Å².